The van der Waals surface area contributed by atoms with Crippen LogP contribution in [0.15, 0.2) is 17.1 Å². The van der Waals surface area contributed by atoms with Crippen LogP contribution in [-0.2, 0) is 16.0 Å². The summed E-state index contributed by atoms with van der Waals surface area (Å²) < 4.78 is 4.99. The Morgan fingerprint density at radius 3 is 2.89 bits per heavy atom. The number of carbonyl (C=O) groups is 1. The number of nitrogens with zero attached hydrogens (tertiary/aromatic N) is 1. The first-order valence-corrected chi connectivity index (χ1v) is 7.05. The second kappa shape index (κ2) is 6.20. The fraction of sp³-hybridized carbons (Fsp3) is 0.467. The van der Waals surface area contributed by atoms with Gasteiger partial charge < -0.3 is 4.74 Å². The molecule has 0 saturated heterocycles. The van der Waals surface area contributed by atoms with Crippen LogP contribution in [0.5, 0.6) is 0 Å². The van der Waals surface area contributed by atoms with Gasteiger partial charge >= 0.3 is 5.97 Å². The van der Waals surface area contributed by atoms with Crippen LogP contribution in [0.2, 0.25) is 5.02 Å². The molecule has 4 heteroatoms. The molecule has 0 aliphatic carbocycles. The summed E-state index contributed by atoms with van der Waals surface area (Å²) in [5, 5.41) is 0.607. The zero-order valence-electron chi connectivity index (χ0n) is 11.3. The molecule has 0 bridgehead atoms. The number of halogens is 1. The molecule has 0 radical (unpaired) electrons. The Morgan fingerprint density at radius 1 is 1.42 bits per heavy atom. The van der Waals surface area contributed by atoms with Crippen molar-refractivity contribution in [2.75, 3.05) is 6.61 Å². The molecule has 1 atom stereocenters. The third-order valence-corrected chi connectivity index (χ3v) is 3.62. The predicted molar refractivity (Wildman–Crippen MR) is 77.0 cm³/mol. The van der Waals surface area contributed by atoms with Gasteiger partial charge in [0.05, 0.1) is 19.1 Å². The summed E-state index contributed by atoms with van der Waals surface area (Å²) in [6, 6.07) is 4.07. The summed E-state index contributed by atoms with van der Waals surface area (Å²) >= 11 is 6.21. The number of carbonyl (C=O) groups excluding carboxylic acids is 1. The zero-order chi connectivity index (χ0) is 13.8. The maximum absolute atomic E-state index is 11.6. The second-order valence-electron chi connectivity index (χ2n) is 4.59. The van der Waals surface area contributed by atoms with Gasteiger partial charge in [-0.05, 0) is 30.5 Å². The van der Waals surface area contributed by atoms with E-state index in [-0.39, 0.29) is 18.4 Å². The van der Waals surface area contributed by atoms with Gasteiger partial charge in [0, 0.05) is 16.8 Å². The molecule has 0 saturated carbocycles. The summed E-state index contributed by atoms with van der Waals surface area (Å²) in [6.45, 7) is 4.33. The molecular formula is C15H18ClNO2. The molecule has 1 aliphatic rings. The molecule has 1 aliphatic heterocycles. The summed E-state index contributed by atoms with van der Waals surface area (Å²) in [5.74, 6) is -0.245. The highest BCUT2D eigenvalue weighted by Crippen LogP contribution is 2.35. The summed E-state index contributed by atoms with van der Waals surface area (Å²) in [5.41, 5.74) is 3.00. The largest absolute Gasteiger partial charge is 0.466 e. The van der Waals surface area contributed by atoms with Crippen LogP contribution in [-0.4, -0.2) is 18.8 Å². The molecule has 1 aromatic carbocycles. The Bertz CT molecular complexity index is 511. The van der Waals surface area contributed by atoms with E-state index in [9.17, 15) is 4.79 Å². The molecule has 0 N–H and O–H groups in total. The first-order valence-electron chi connectivity index (χ1n) is 6.67. The van der Waals surface area contributed by atoms with E-state index < -0.39 is 0 Å². The number of rotatable bonds is 5. The molecule has 2 rings (SSSR count). The third kappa shape index (κ3) is 2.98. The molecule has 0 fully saturated rings. The smallest absolute Gasteiger partial charge is 0.310 e. The maximum atomic E-state index is 11.6. The van der Waals surface area contributed by atoms with Crippen LogP contribution < -0.4 is 0 Å². The number of ether oxygens (including phenoxy) is 1. The van der Waals surface area contributed by atoms with Crippen molar-refractivity contribution in [3.05, 3.63) is 33.8 Å². The van der Waals surface area contributed by atoms with Crippen molar-refractivity contribution in [1.82, 2.24) is 0 Å². The molecule has 1 heterocycles. The average molecular weight is 280 g/mol. The van der Waals surface area contributed by atoms with Crippen molar-refractivity contribution >= 4 is 23.8 Å². The number of benzene rings is 1. The van der Waals surface area contributed by atoms with Crippen molar-refractivity contribution in [3.63, 3.8) is 0 Å². The molecule has 19 heavy (non-hydrogen) atoms. The first kappa shape index (κ1) is 14.1. The quantitative estimate of drug-likeness (QED) is 0.771. The lowest BCUT2D eigenvalue weighted by Gasteiger charge is -2.12. The van der Waals surface area contributed by atoms with Crippen molar-refractivity contribution in [2.24, 2.45) is 4.99 Å². The lowest BCUT2D eigenvalue weighted by Crippen LogP contribution is -2.10. The van der Waals surface area contributed by atoms with Crippen LogP contribution >= 0.6 is 11.6 Å². The Morgan fingerprint density at radius 2 is 2.21 bits per heavy atom. The third-order valence-electron chi connectivity index (χ3n) is 3.26. The minimum absolute atomic E-state index is 0.207. The fourth-order valence-corrected chi connectivity index (χ4v) is 2.62. The second-order valence-corrected chi connectivity index (χ2v) is 5.00. The number of fused-ring (bicyclic) bond motifs is 1. The topological polar surface area (TPSA) is 38.7 Å². The van der Waals surface area contributed by atoms with E-state index in [1.54, 1.807) is 6.92 Å². The van der Waals surface area contributed by atoms with E-state index in [0.29, 0.717) is 11.6 Å². The van der Waals surface area contributed by atoms with Crippen LogP contribution in [0.1, 0.15) is 49.4 Å². The van der Waals surface area contributed by atoms with E-state index in [4.69, 9.17) is 16.3 Å². The van der Waals surface area contributed by atoms with E-state index >= 15 is 0 Å². The van der Waals surface area contributed by atoms with Gasteiger partial charge in [0.15, 0.2) is 0 Å². The lowest BCUT2D eigenvalue weighted by atomic mass is 9.95. The monoisotopic (exact) mass is 279 g/mol. The number of hydrogen-bond acceptors (Lipinski definition) is 3. The van der Waals surface area contributed by atoms with E-state index in [1.807, 2.05) is 18.3 Å². The highest BCUT2D eigenvalue weighted by Gasteiger charge is 2.23. The zero-order valence-corrected chi connectivity index (χ0v) is 12.0. The van der Waals surface area contributed by atoms with Gasteiger partial charge in [0.1, 0.15) is 0 Å². The normalized spacial score (nSPS) is 16.5. The van der Waals surface area contributed by atoms with Crippen molar-refractivity contribution in [3.8, 4) is 0 Å². The van der Waals surface area contributed by atoms with Crippen molar-refractivity contribution in [2.45, 2.75) is 39.2 Å². The van der Waals surface area contributed by atoms with Crippen LogP contribution in [0, 0.1) is 0 Å². The van der Waals surface area contributed by atoms with Gasteiger partial charge in [-0.1, -0.05) is 31.0 Å². The van der Waals surface area contributed by atoms with Gasteiger partial charge in [-0.3, -0.25) is 9.79 Å². The molecular weight excluding hydrogens is 262 g/mol. The Labute approximate surface area is 118 Å². The van der Waals surface area contributed by atoms with E-state index in [2.05, 4.69) is 11.9 Å². The first-order chi connectivity index (χ1) is 9.17. The maximum Gasteiger partial charge on any atom is 0.310 e. The molecule has 3 nitrogen and oxygen atoms in total. The van der Waals surface area contributed by atoms with Crippen molar-refractivity contribution in [1.29, 1.82) is 0 Å². The highest BCUT2D eigenvalue weighted by molar-refractivity contribution is 6.32. The molecule has 0 amide bonds. The van der Waals surface area contributed by atoms with Crippen LogP contribution in [0.3, 0.4) is 0 Å². The predicted octanol–water partition coefficient (Wildman–Crippen LogP) is 3.72. The van der Waals surface area contributed by atoms with Crippen LogP contribution in [0.25, 0.3) is 0 Å². The Hall–Kier alpha value is -1.35. The summed E-state index contributed by atoms with van der Waals surface area (Å²) in [6.07, 6.45) is 4.15. The molecule has 102 valence electrons. The van der Waals surface area contributed by atoms with E-state index in [1.165, 1.54) is 5.56 Å². The molecule has 1 aromatic rings. The molecule has 0 aromatic heterocycles. The summed E-state index contributed by atoms with van der Waals surface area (Å²) in [4.78, 5) is 16.2. The van der Waals surface area contributed by atoms with Gasteiger partial charge in [-0.15, -0.1) is 0 Å². The lowest BCUT2D eigenvalue weighted by molar-refractivity contribution is -0.142. The van der Waals surface area contributed by atoms with Gasteiger partial charge in [0.25, 0.3) is 0 Å². The molecule has 0 spiro atoms. The highest BCUT2D eigenvalue weighted by atomic mass is 35.5. The van der Waals surface area contributed by atoms with Crippen LogP contribution in [0.4, 0.5) is 0 Å². The minimum atomic E-state index is -0.245. The SMILES string of the molecule is CCCC1N=Cc2c1ccc(Cl)c2CC(=O)OCC. The number of esters is 1. The Kier molecular flexibility index (Phi) is 4.59. The van der Waals surface area contributed by atoms with Gasteiger partial charge in [0.2, 0.25) is 0 Å². The average Bonchev–Trinajstić information content (AvgIpc) is 2.77. The Balaban J connectivity index is 2.30. The van der Waals surface area contributed by atoms with Gasteiger partial charge in [-0.25, -0.2) is 0 Å². The standard InChI is InChI=1S/C15H18ClNO2/c1-3-5-14-10-6-7-13(16)11(12(10)9-17-14)8-15(18)19-4-2/h6-7,9,14H,3-5,8H2,1-2H3. The number of aliphatic imine (C=N–C) groups is 1. The molecule has 1 unspecified atom stereocenters. The van der Waals surface area contributed by atoms with E-state index in [0.717, 1.165) is 24.0 Å². The van der Waals surface area contributed by atoms with Gasteiger partial charge in [-0.2, -0.15) is 0 Å². The number of hydrogen-bond donors (Lipinski definition) is 0. The summed E-state index contributed by atoms with van der Waals surface area (Å²) in [7, 11) is 0. The fourth-order valence-electron chi connectivity index (χ4n) is 2.38. The minimum Gasteiger partial charge on any atom is -0.466 e. The van der Waals surface area contributed by atoms with Crippen molar-refractivity contribution < 1.29 is 9.53 Å².